The van der Waals surface area contributed by atoms with Crippen LogP contribution in [-0.4, -0.2) is 25.3 Å². The van der Waals surface area contributed by atoms with Crippen molar-refractivity contribution in [1.29, 1.82) is 0 Å². The van der Waals surface area contributed by atoms with Gasteiger partial charge in [-0.15, -0.1) is 0 Å². The lowest BCUT2D eigenvalue weighted by Gasteiger charge is -2.25. The first-order chi connectivity index (χ1) is 5.74. The number of hydrogen-bond donors (Lipinski definition) is 0. The maximum Gasteiger partial charge on any atom is 0.148 e. The van der Waals surface area contributed by atoms with Crippen molar-refractivity contribution in [1.82, 2.24) is 4.90 Å². The van der Waals surface area contributed by atoms with Crippen molar-refractivity contribution in [2.45, 2.75) is 27.0 Å². The highest BCUT2D eigenvalue weighted by Gasteiger charge is 2.09. The van der Waals surface area contributed by atoms with Crippen molar-refractivity contribution in [3.63, 3.8) is 0 Å². The van der Waals surface area contributed by atoms with Gasteiger partial charge in [-0.1, -0.05) is 19.9 Å². The van der Waals surface area contributed by atoms with Crippen LogP contribution in [0.4, 0.5) is 0 Å². The summed E-state index contributed by atoms with van der Waals surface area (Å²) in [7, 11) is 3.71. The first-order valence-electron chi connectivity index (χ1n) is 4.35. The van der Waals surface area contributed by atoms with Crippen LogP contribution in [0.1, 0.15) is 20.8 Å². The van der Waals surface area contributed by atoms with E-state index < -0.39 is 0 Å². The summed E-state index contributed by atoms with van der Waals surface area (Å²) < 4.78 is 5.15. The van der Waals surface area contributed by atoms with Crippen LogP contribution in [0, 0.1) is 0 Å². The van der Waals surface area contributed by atoms with E-state index in [2.05, 4.69) is 19.2 Å². The van der Waals surface area contributed by atoms with Gasteiger partial charge in [0.2, 0.25) is 0 Å². The van der Waals surface area contributed by atoms with Gasteiger partial charge in [-0.2, -0.15) is 0 Å². The summed E-state index contributed by atoms with van der Waals surface area (Å²) >= 11 is 0. The minimum Gasteiger partial charge on any atom is -0.358 e. The third-order valence-electron chi connectivity index (χ3n) is 1.57. The SMILES string of the molecule is CC.COC1C=CC(C)=CN1C. The van der Waals surface area contributed by atoms with Crippen LogP contribution in [0.25, 0.3) is 0 Å². The van der Waals surface area contributed by atoms with Crippen molar-refractivity contribution in [3.05, 3.63) is 23.9 Å². The van der Waals surface area contributed by atoms with E-state index in [4.69, 9.17) is 4.74 Å². The van der Waals surface area contributed by atoms with Crippen LogP contribution >= 0.6 is 0 Å². The molecule has 2 nitrogen and oxygen atoms in total. The Morgan fingerprint density at radius 3 is 2.42 bits per heavy atom. The Balaban J connectivity index is 0.000000561. The zero-order valence-electron chi connectivity index (χ0n) is 8.66. The van der Waals surface area contributed by atoms with Gasteiger partial charge in [0.15, 0.2) is 0 Å². The van der Waals surface area contributed by atoms with Crippen molar-refractivity contribution in [3.8, 4) is 0 Å². The smallest absolute Gasteiger partial charge is 0.148 e. The van der Waals surface area contributed by atoms with E-state index in [1.54, 1.807) is 7.11 Å². The molecule has 0 saturated heterocycles. The maximum atomic E-state index is 5.15. The molecule has 1 rings (SSSR count). The molecule has 0 aliphatic carbocycles. The predicted octanol–water partition coefficient (Wildman–Crippen LogP) is 2.39. The summed E-state index contributed by atoms with van der Waals surface area (Å²) in [6, 6.07) is 0. The second kappa shape index (κ2) is 5.84. The highest BCUT2D eigenvalue weighted by Crippen LogP contribution is 2.10. The Morgan fingerprint density at radius 1 is 1.42 bits per heavy atom. The Labute approximate surface area is 75.5 Å². The van der Waals surface area contributed by atoms with Crippen LogP contribution in [0.3, 0.4) is 0 Å². The topological polar surface area (TPSA) is 12.5 Å². The second-order valence-electron chi connectivity index (χ2n) is 2.52. The summed E-state index contributed by atoms with van der Waals surface area (Å²) in [6.07, 6.45) is 6.28. The van der Waals surface area contributed by atoms with Crippen molar-refractivity contribution < 1.29 is 4.74 Å². The fraction of sp³-hybridized carbons (Fsp3) is 0.600. The molecular formula is C10H19NO. The van der Waals surface area contributed by atoms with Gasteiger partial charge in [0.25, 0.3) is 0 Å². The normalized spacial score (nSPS) is 21.2. The maximum absolute atomic E-state index is 5.15. The molecule has 0 aromatic carbocycles. The lowest BCUT2D eigenvalue weighted by molar-refractivity contribution is 0.0441. The Morgan fingerprint density at radius 2 is 2.00 bits per heavy atom. The average molecular weight is 169 g/mol. The van der Waals surface area contributed by atoms with E-state index in [1.807, 2.05) is 31.9 Å². The first-order valence-corrected chi connectivity index (χ1v) is 4.35. The molecule has 70 valence electrons. The number of ether oxygens (including phenoxy) is 1. The predicted molar refractivity (Wildman–Crippen MR) is 52.8 cm³/mol. The monoisotopic (exact) mass is 169 g/mol. The van der Waals surface area contributed by atoms with Gasteiger partial charge in [-0.3, -0.25) is 0 Å². The number of rotatable bonds is 1. The zero-order chi connectivity index (χ0) is 9.56. The van der Waals surface area contributed by atoms with Gasteiger partial charge in [0.05, 0.1) is 0 Å². The molecule has 0 bridgehead atoms. The van der Waals surface area contributed by atoms with E-state index in [0.29, 0.717) is 0 Å². The Bertz CT molecular complexity index is 173. The van der Waals surface area contributed by atoms with Gasteiger partial charge in [0.1, 0.15) is 6.23 Å². The Hall–Kier alpha value is -0.760. The van der Waals surface area contributed by atoms with Gasteiger partial charge in [-0.25, -0.2) is 0 Å². The van der Waals surface area contributed by atoms with Crippen LogP contribution in [0.5, 0.6) is 0 Å². The number of allylic oxidation sites excluding steroid dienone is 2. The molecule has 1 aliphatic heterocycles. The molecule has 1 unspecified atom stereocenters. The molecule has 1 heterocycles. The molecular weight excluding hydrogens is 150 g/mol. The molecule has 1 atom stereocenters. The summed E-state index contributed by atoms with van der Waals surface area (Å²) in [6.45, 7) is 6.07. The fourth-order valence-electron chi connectivity index (χ4n) is 1.05. The third kappa shape index (κ3) is 3.09. The van der Waals surface area contributed by atoms with Crippen LogP contribution < -0.4 is 0 Å². The number of likely N-dealkylation sites (N-methyl/N-ethyl adjacent to an activating group) is 1. The lowest BCUT2D eigenvalue weighted by Crippen LogP contribution is -2.28. The molecule has 0 aromatic rings. The van der Waals surface area contributed by atoms with Crippen molar-refractivity contribution in [2.24, 2.45) is 0 Å². The molecule has 1 aliphatic rings. The van der Waals surface area contributed by atoms with Crippen LogP contribution in [0.15, 0.2) is 23.9 Å². The number of hydrogen-bond acceptors (Lipinski definition) is 2. The van der Waals surface area contributed by atoms with Crippen molar-refractivity contribution in [2.75, 3.05) is 14.2 Å². The summed E-state index contributed by atoms with van der Waals surface area (Å²) in [5.41, 5.74) is 1.26. The summed E-state index contributed by atoms with van der Waals surface area (Å²) in [5.74, 6) is 0. The molecule has 0 amide bonds. The largest absolute Gasteiger partial charge is 0.358 e. The van der Waals surface area contributed by atoms with E-state index in [0.717, 1.165) is 0 Å². The molecule has 0 radical (unpaired) electrons. The summed E-state index contributed by atoms with van der Waals surface area (Å²) in [4.78, 5) is 2.04. The van der Waals surface area contributed by atoms with Crippen molar-refractivity contribution >= 4 is 0 Å². The fourth-order valence-corrected chi connectivity index (χ4v) is 1.05. The minimum absolute atomic E-state index is 0.115. The number of nitrogens with zero attached hydrogens (tertiary/aromatic N) is 1. The standard InChI is InChI=1S/C8H13NO.C2H6/c1-7-4-5-8(10-3)9(2)6-7;1-2/h4-6,8H,1-3H3;1-2H3. The van der Waals surface area contributed by atoms with Crippen LogP contribution in [-0.2, 0) is 4.74 Å². The third-order valence-corrected chi connectivity index (χ3v) is 1.57. The van der Waals surface area contributed by atoms with Gasteiger partial charge >= 0.3 is 0 Å². The van der Waals surface area contributed by atoms with Gasteiger partial charge in [-0.05, 0) is 18.6 Å². The van der Waals surface area contributed by atoms with Gasteiger partial charge in [0, 0.05) is 20.4 Å². The molecule has 0 N–H and O–H groups in total. The lowest BCUT2D eigenvalue weighted by atomic mass is 10.2. The highest BCUT2D eigenvalue weighted by molar-refractivity contribution is 5.20. The molecule has 0 aromatic heterocycles. The molecule has 0 spiro atoms. The second-order valence-corrected chi connectivity index (χ2v) is 2.52. The minimum atomic E-state index is 0.115. The van der Waals surface area contributed by atoms with E-state index in [-0.39, 0.29) is 6.23 Å². The Kier molecular flexibility index (Phi) is 5.47. The quantitative estimate of drug-likeness (QED) is 0.597. The molecule has 0 fully saturated rings. The molecule has 2 heteroatoms. The molecule has 0 saturated carbocycles. The highest BCUT2D eigenvalue weighted by atomic mass is 16.5. The van der Waals surface area contributed by atoms with E-state index in [9.17, 15) is 0 Å². The van der Waals surface area contributed by atoms with E-state index >= 15 is 0 Å². The average Bonchev–Trinajstić information content (AvgIpc) is 2.08. The van der Waals surface area contributed by atoms with Crippen LogP contribution in [0.2, 0.25) is 0 Å². The summed E-state index contributed by atoms with van der Waals surface area (Å²) in [5, 5.41) is 0. The molecule has 12 heavy (non-hydrogen) atoms. The zero-order valence-corrected chi connectivity index (χ0v) is 8.66. The van der Waals surface area contributed by atoms with Gasteiger partial charge < -0.3 is 9.64 Å². The number of methoxy groups -OCH3 is 1. The first kappa shape index (κ1) is 11.2. The van der Waals surface area contributed by atoms with E-state index in [1.165, 1.54) is 5.57 Å².